The van der Waals surface area contributed by atoms with Crippen LogP contribution in [-0.2, 0) is 9.53 Å². The summed E-state index contributed by atoms with van der Waals surface area (Å²) in [5, 5.41) is 14.2. The van der Waals surface area contributed by atoms with E-state index in [0.717, 1.165) is 19.4 Å². The molecule has 6 nitrogen and oxygen atoms in total. The summed E-state index contributed by atoms with van der Waals surface area (Å²) in [4.78, 5) is 22.1. The van der Waals surface area contributed by atoms with E-state index in [4.69, 9.17) is 9.84 Å². The Labute approximate surface area is 107 Å². The average molecular weight is 258 g/mol. The van der Waals surface area contributed by atoms with E-state index in [0.29, 0.717) is 25.6 Å². The molecule has 1 aliphatic heterocycles. The van der Waals surface area contributed by atoms with Crippen molar-refractivity contribution in [1.29, 1.82) is 0 Å². The minimum atomic E-state index is -0.827. The summed E-state index contributed by atoms with van der Waals surface area (Å²) in [6, 6.07) is -0.231. The van der Waals surface area contributed by atoms with Gasteiger partial charge in [-0.3, -0.25) is 4.79 Å². The van der Waals surface area contributed by atoms with Gasteiger partial charge in [0.2, 0.25) is 0 Å². The summed E-state index contributed by atoms with van der Waals surface area (Å²) in [5.74, 6) is -0.438. The monoisotopic (exact) mass is 258 g/mol. The summed E-state index contributed by atoms with van der Waals surface area (Å²) in [6.07, 6.45) is 1.81. The van der Waals surface area contributed by atoms with Gasteiger partial charge in [-0.25, -0.2) is 4.79 Å². The van der Waals surface area contributed by atoms with Gasteiger partial charge in [0.05, 0.1) is 6.61 Å². The summed E-state index contributed by atoms with van der Waals surface area (Å²) < 4.78 is 5.21. The molecule has 0 spiro atoms. The Bertz CT molecular complexity index is 277. The molecular weight excluding hydrogens is 236 g/mol. The first-order chi connectivity index (χ1) is 8.61. The molecule has 0 aromatic carbocycles. The van der Waals surface area contributed by atoms with Crippen molar-refractivity contribution in [3.8, 4) is 0 Å². The maximum absolute atomic E-state index is 11.5. The van der Waals surface area contributed by atoms with Crippen molar-refractivity contribution < 1.29 is 19.4 Å². The lowest BCUT2D eigenvalue weighted by atomic mass is 10.0. The molecule has 1 saturated heterocycles. The molecule has 0 saturated carbocycles. The predicted octanol–water partition coefficient (Wildman–Crippen LogP) is 0.823. The molecule has 104 valence electrons. The minimum Gasteiger partial charge on any atom is -0.481 e. The lowest BCUT2D eigenvalue weighted by Crippen LogP contribution is -2.40. The lowest BCUT2D eigenvalue weighted by Gasteiger charge is -2.15. The normalized spacial score (nSPS) is 20.4. The molecule has 0 bridgehead atoms. The molecule has 18 heavy (non-hydrogen) atoms. The van der Waals surface area contributed by atoms with E-state index in [-0.39, 0.29) is 18.4 Å². The van der Waals surface area contributed by atoms with Crippen molar-refractivity contribution in [2.75, 3.05) is 26.3 Å². The molecule has 2 amide bonds. The molecule has 0 aromatic heterocycles. The number of carbonyl (C=O) groups excluding carboxylic acids is 1. The van der Waals surface area contributed by atoms with Crippen molar-refractivity contribution in [1.82, 2.24) is 10.6 Å². The van der Waals surface area contributed by atoms with Crippen molar-refractivity contribution in [2.24, 2.45) is 11.8 Å². The number of hydrogen-bond acceptors (Lipinski definition) is 3. The second-order valence-electron chi connectivity index (χ2n) is 4.69. The van der Waals surface area contributed by atoms with Crippen molar-refractivity contribution in [3.05, 3.63) is 0 Å². The SMILES string of the molecule is CCC(CNC(=O)NCC1CCOC1)CC(=O)O. The van der Waals surface area contributed by atoms with Crippen molar-refractivity contribution in [2.45, 2.75) is 26.2 Å². The molecule has 3 N–H and O–H groups in total. The van der Waals surface area contributed by atoms with Gasteiger partial charge < -0.3 is 20.5 Å². The summed E-state index contributed by atoms with van der Waals surface area (Å²) in [6.45, 7) is 4.40. The Hall–Kier alpha value is -1.30. The molecule has 2 atom stereocenters. The Kier molecular flexibility index (Phi) is 6.49. The highest BCUT2D eigenvalue weighted by atomic mass is 16.5. The van der Waals surface area contributed by atoms with Gasteiger partial charge in [0, 0.05) is 32.0 Å². The molecule has 1 rings (SSSR count). The van der Waals surface area contributed by atoms with E-state index in [1.807, 2.05) is 6.92 Å². The quantitative estimate of drug-likeness (QED) is 0.631. The first-order valence-corrected chi connectivity index (χ1v) is 6.43. The van der Waals surface area contributed by atoms with Gasteiger partial charge in [0.25, 0.3) is 0 Å². The van der Waals surface area contributed by atoms with Crippen LogP contribution in [0, 0.1) is 11.8 Å². The van der Waals surface area contributed by atoms with E-state index in [1.165, 1.54) is 0 Å². The van der Waals surface area contributed by atoms with Gasteiger partial charge in [-0.15, -0.1) is 0 Å². The van der Waals surface area contributed by atoms with Gasteiger partial charge >= 0.3 is 12.0 Å². The van der Waals surface area contributed by atoms with Gasteiger partial charge in [0.15, 0.2) is 0 Å². The fraction of sp³-hybridized carbons (Fsp3) is 0.833. The van der Waals surface area contributed by atoms with E-state index in [1.54, 1.807) is 0 Å². The standard InChI is InChI=1S/C12H22N2O4/c1-2-9(5-11(15)16)6-13-12(17)14-7-10-3-4-18-8-10/h9-10H,2-8H2,1H3,(H,15,16)(H2,13,14,17). The van der Waals surface area contributed by atoms with Crippen LogP contribution in [0.3, 0.4) is 0 Å². The molecule has 2 unspecified atom stereocenters. The molecule has 6 heteroatoms. The van der Waals surface area contributed by atoms with E-state index in [2.05, 4.69) is 10.6 Å². The number of ether oxygens (including phenoxy) is 1. The Balaban J connectivity index is 2.12. The largest absolute Gasteiger partial charge is 0.481 e. The maximum Gasteiger partial charge on any atom is 0.314 e. The van der Waals surface area contributed by atoms with Gasteiger partial charge in [-0.05, 0) is 12.3 Å². The third-order valence-electron chi connectivity index (χ3n) is 3.17. The average Bonchev–Trinajstić information content (AvgIpc) is 2.84. The van der Waals surface area contributed by atoms with Crippen LogP contribution >= 0.6 is 0 Å². The minimum absolute atomic E-state index is 0.0111. The Morgan fingerprint density at radius 1 is 1.44 bits per heavy atom. The zero-order chi connectivity index (χ0) is 13.4. The number of carbonyl (C=O) groups is 2. The van der Waals surface area contributed by atoms with Crippen LogP contribution in [0.25, 0.3) is 0 Å². The van der Waals surface area contributed by atoms with Crippen LogP contribution < -0.4 is 10.6 Å². The van der Waals surface area contributed by atoms with Crippen LogP contribution in [-0.4, -0.2) is 43.4 Å². The summed E-state index contributed by atoms with van der Waals surface area (Å²) in [7, 11) is 0. The van der Waals surface area contributed by atoms with Gasteiger partial charge in [0.1, 0.15) is 0 Å². The molecule has 1 fully saturated rings. The predicted molar refractivity (Wildman–Crippen MR) is 66.4 cm³/mol. The number of urea groups is 1. The third kappa shape index (κ3) is 5.86. The number of aliphatic carboxylic acids is 1. The highest BCUT2D eigenvalue weighted by molar-refractivity contribution is 5.74. The number of rotatable bonds is 7. The zero-order valence-corrected chi connectivity index (χ0v) is 10.8. The number of carboxylic acids is 1. The number of carboxylic acid groups (broad SMARTS) is 1. The van der Waals surface area contributed by atoms with Crippen LogP contribution in [0.2, 0.25) is 0 Å². The number of nitrogens with one attached hydrogen (secondary N) is 2. The number of hydrogen-bond donors (Lipinski definition) is 3. The summed E-state index contributed by atoms with van der Waals surface area (Å²) >= 11 is 0. The first kappa shape index (κ1) is 14.8. The zero-order valence-electron chi connectivity index (χ0n) is 10.8. The fourth-order valence-corrected chi connectivity index (χ4v) is 1.89. The third-order valence-corrected chi connectivity index (χ3v) is 3.17. The topological polar surface area (TPSA) is 87.7 Å². The van der Waals surface area contributed by atoms with Crippen molar-refractivity contribution in [3.63, 3.8) is 0 Å². The van der Waals surface area contributed by atoms with E-state index in [9.17, 15) is 9.59 Å². The lowest BCUT2D eigenvalue weighted by molar-refractivity contribution is -0.138. The van der Waals surface area contributed by atoms with E-state index >= 15 is 0 Å². The fourth-order valence-electron chi connectivity index (χ4n) is 1.89. The second kappa shape index (κ2) is 7.92. The molecule has 0 aliphatic carbocycles. The van der Waals surface area contributed by atoms with Crippen LogP contribution in [0.5, 0.6) is 0 Å². The van der Waals surface area contributed by atoms with E-state index < -0.39 is 5.97 Å². The molecule has 0 aromatic rings. The Morgan fingerprint density at radius 2 is 2.22 bits per heavy atom. The molecule has 1 aliphatic rings. The highest BCUT2D eigenvalue weighted by Crippen LogP contribution is 2.10. The molecular formula is C12H22N2O4. The van der Waals surface area contributed by atoms with Crippen LogP contribution in [0.15, 0.2) is 0 Å². The molecule has 0 radical (unpaired) electrons. The molecule has 1 heterocycles. The second-order valence-corrected chi connectivity index (χ2v) is 4.69. The van der Waals surface area contributed by atoms with Crippen LogP contribution in [0.1, 0.15) is 26.2 Å². The summed E-state index contributed by atoms with van der Waals surface area (Å²) in [5.41, 5.74) is 0. The maximum atomic E-state index is 11.5. The van der Waals surface area contributed by atoms with Gasteiger partial charge in [-0.1, -0.05) is 13.3 Å². The van der Waals surface area contributed by atoms with Gasteiger partial charge in [-0.2, -0.15) is 0 Å². The smallest absolute Gasteiger partial charge is 0.314 e. The first-order valence-electron chi connectivity index (χ1n) is 6.43. The van der Waals surface area contributed by atoms with Crippen molar-refractivity contribution >= 4 is 12.0 Å². The number of amides is 2. The highest BCUT2D eigenvalue weighted by Gasteiger charge is 2.17. The van der Waals surface area contributed by atoms with Crippen LogP contribution in [0.4, 0.5) is 4.79 Å². The Morgan fingerprint density at radius 3 is 2.78 bits per heavy atom.